The summed E-state index contributed by atoms with van der Waals surface area (Å²) < 4.78 is 5.59. The average Bonchev–Trinajstić information content (AvgIpc) is 2.99. The van der Waals surface area contributed by atoms with Gasteiger partial charge in [0.25, 0.3) is 5.91 Å². The van der Waals surface area contributed by atoms with Gasteiger partial charge in [0.1, 0.15) is 6.10 Å². The van der Waals surface area contributed by atoms with E-state index in [1.807, 2.05) is 34.1 Å². The van der Waals surface area contributed by atoms with Crippen LogP contribution in [0, 0.1) is 5.41 Å². The molecule has 1 aromatic carbocycles. The Hall–Kier alpha value is -1.63. The van der Waals surface area contributed by atoms with Crippen LogP contribution in [0.2, 0.25) is 5.02 Å². The summed E-state index contributed by atoms with van der Waals surface area (Å²) >= 11 is 5.94. The number of rotatable bonds is 3. The first kappa shape index (κ1) is 18.7. The SMILES string of the molecule is O=C1CC2(CCN(C(=O)[C@@H]3CNCCO3)CC2)CN1Cc1ccc(Cl)cc1. The van der Waals surface area contributed by atoms with E-state index in [1.165, 1.54) is 0 Å². The van der Waals surface area contributed by atoms with Crippen molar-refractivity contribution in [2.75, 3.05) is 39.3 Å². The maximum absolute atomic E-state index is 12.6. The van der Waals surface area contributed by atoms with Crippen LogP contribution in [0.5, 0.6) is 0 Å². The third-order valence-electron chi connectivity index (χ3n) is 6.03. The van der Waals surface area contributed by atoms with Gasteiger partial charge in [-0.1, -0.05) is 23.7 Å². The van der Waals surface area contributed by atoms with Crippen LogP contribution in [0.1, 0.15) is 24.8 Å². The van der Waals surface area contributed by atoms with E-state index >= 15 is 0 Å². The zero-order chi connectivity index (χ0) is 18.9. The number of nitrogens with one attached hydrogen (secondary N) is 1. The Kier molecular flexibility index (Phi) is 5.39. The van der Waals surface area contributed by atoms with Crippen molar-refractivity contribution in [3.05, 3.63) is 34.9 Å². The van der Waals surface area contributed by atoms with Crippen molar-refractivity contribution in [3.63, 3.8) is 0 Å². The molecule has 0 unspecified atom stereocenters. The molecule has 3 fully saturated rings. The Labute approximate surface area is 164 Å². The maximum Gasteiger partial charge on any atom is 0.253 e. The largest absolute Gasteiger partial charge is 0.366 e. The number of hydrogen-bond donors (Lipinski definition) is 1. The van der Waals surface area contributed by atoms with Gasteiger partial charge in [-0.3, -0.25) is 9.59 Å². The van der Waals surface area contributed by atoms with Gasteiger partial charge in [0.05, 0.1) is 6.61 Å². The molecule has 6 nitrogen and oxygen atoms in total. The zero-order valence-corrected chi connectivity index (χ0v) is 16.2. The quantitative estimate of drug-likeness (QED) is 0.851. The van der Waals surface area contributed by atoms with Gasteiger partial charge in [0, 0.05) is 56.1 Å². The van der Waals surface area contributed by atoms with Crippen LogP contribution < -0.4 is 5.32 Å². The van der Waals surface area contributed by atoms with Gasteiger partial charge in [0.15, 0.2) is 0 Å². The fraction of sp³-hybridized carbons (Fsp3) is 0.600. The number of benzene rings is 1. The predicted molar refractivity (Wildman–Crippen MR) is 102 cm³/mol. The highest BCUT2D eigenvalue weighted by atomic mass is 35.5. The lowest BCUT2D eigenvalue weighted by Crippen LogP contribution is -2.52. The molecule has 7 heteroatoms. The Morgan fingerprint density at radius 3 is 2.67 bits per heavy atom. The first-order valence-electron chi connectivity index (χ1n) is 9.68. The lowest BCUT2D eigenvalue weighted by molar-refractivity contribution is -0.147. The molecule has 146 valence electrons. The third kappa shape index (κ3) is 4.13. The number of likely N-dealkylation sites (tertiary alicyclic amines) is 2. The molecule has 3 aliphatic heterocycles. The summed E-state index contributed by atoms with van der Waals surface area (Å²) in [6.07, 6.45) is 1.98. The van der Waals surface area contributed by atoms with Gasteiger partial charge in [-0.25, -0.2) is 0 Å². The highest BCUT2D eigenvalue weighted by Crippen LogP contribution is 2.41. The summed E-state index contributed by atoms with van der Waals surface area (Å²) in [5, 5.41) is 3.92. The van der Waals surface area contributed by atoms with E-state index in [0.717, 1.165) is 31.5 Å². The first-order valence-corrected chi connectivity index (χ1v) is 10.1. The number of ether oxygens (including phenoxy) is 1. The Morgan fingerprint density at radius 2 is 2.00 bits per heavy atom. The number of piperidine rings is 1. The van der Waals surface area contributed by atoms with Crippen LogP contribution in [-0.4, -0.2) is 67.0 Å². The number of nitrogens with zero attached hydrogens (tertiary/aromatic N) is 2. The van der Waals surface area contributed by atoms with E-state index in [1.54, 1.807) is 0 Å². The molecule has 0 aliphatic carbocycles. The molecular weight excluding hydrogens is 366 g/mol. The van der Waals surface area contributed by atoms with E-state index in [-0.39, 0.29) is 23.3 Å². The minimum Gasteiger partial charge on any atom is -0.366 e. The molecule has 1 aromatic rings. The molecule has 0 bridgehead atoms. The molecule has 1 atom stereocenters. The molecule has 1 N–H and O–H groups in total. The number of carbonyl (C=O) groups excluding carboxylic acids is 2. The Morgan fingerprint density at radius 1 is 1.26 bits per heavy atom. The minimum absolute atomic E-state index is 0.00591. The van der Waals surface area contributed by atoms with Crippen molar-refractivity contribution in [2.45, 2.75) is 31.9 Å². The van der Waals surface area contributed by atoms with E-state index in [4.69, 9.17) is 16.3 Å². The van der Waals surface area contributed by atoms with Crippen molar-refractivity contribution >= 4 is 23.4 Å². The lowest BCUT2D eigenvalue weighted by Gasteiger charge is -2.40. The second-order valence-electron chi connectivity index (χ2n) is 7.94. The van der Waals surface area contributed by atoms with Crippen LogP contribution >= 0.6 is 11.6 Å². The van der Waals surface area contributed by atoms with Crippen LogP contribution in [-0.2, 0) is 20.9 Å². The van der Waals surface area contributed by atoms with E-state index in [0.29, 0.717) is 44.2 Å². The normalized spacial score (nSPS) is 25.2. The molecule has 1 spiro atoms. The average molecular weight is 392 g/mol. The van der Waals surface area contributed by atoms with Crippen molar-refractivity contribution < 1.29 is 14.3 Å². The van der Waals surface area contributed by atoms with Crippen molar-refractivity contribution in [3.8, 4) is 0 Å². The van der Waals surface area contributed by atoms with Crippen molar-refractivity contribution in [1.29, 1.82) is 0 Å². The molecule has 0 radical (unpaired) electrons. The Bertz CT molecular complexity index is 695. The number of halogens is 1. The minimum atomic E-state index is -0.362. The van der Waals surface area contributed by atoms with Crippen LogP contribution in [0.15, 0.2) is 24.3 Å². The molecule has 0 saturated carbocycles. The number of amides is 2. The van der Waals surface area contributed by atoms with Gasteiger partial charge in [0.2, 0.25) is 5.91 Å². The highest BCUT2D eigenvalue weighted by molar-refractivity contribution is 6.30. The van der Waals surface area contributed by atoms with Gasteiger partial charge < -0.3 is 19.9 Å². The second-order valence-corrected chi connectivity index (χ2v) is 8.38. The molecule has 3 heterocycles. The zero-order valence-electron chi connectivity index (χ0n) is 15.5. The number of morpholine rings is 1. The van der Waals surface area contributed by atoms with E-state index in [2.05, 4.69) is 5.32 Å². The second kappa shape index (κ2) is 7.78. The summed E-state index contributed by atoms with van der Waals surface area (Å²) in [7, 11) is 0. The van der Waals surface area contributed by atoms with Crippen molar-refractivity contribution in [1.82, 2.24) is 15.1 Å². The fourth-order valence-corrected chi connectivity index (χ4v) is 4.53. The molecule has 3 saturated heterocycles. The summed E-state index contributed by atoms with van der Waals surface area (Å²) in [6, 6.07) is 7.67. The topological polar surface area (TPSA) is 61.9 Å². The first-order chi connectivity index (χ1) is 13.0. The third-order valence-corrected chi connectivity index (χ3v) is 6.28. The number of hydrogen-bond acceptors (Lipinski definition) is 4. The molecule has 4 rings (SSSR count). The summed E-state index contributed by atoms with van der Waals surface area (Å²) in [6.45, 7) is 4.80. The molecule has 2 amide bonds. The lowest BCUT2D eigenvalue weighted by atomic mass is 9.77. The molecular formula is C20H26ClN3O3. The van der Waals surface area contributed by atoms with Crippen LogP contribution in [0.4, 0.5) is 0 Å². The van der Waals surface area contributed by atoms with Crippen LogP contribution in [0.3, 0.4) is 0 Å². The molecule has 0 aromatic heterocycles. The van der Waals surface area contributed by atoms with Gasteiger partial charge in [-0.2, -0.15) is 0 Å². The monoisotopic (exact) mass is 391 g/mol. The molecule has 27 heavy (non-hydrogen) atoms. The van der Waals surface area contributed by atoms with Gasteiger partial charge >= 0.3 is 0 Å². The number of carbonyl (C=O) groups is 2. The summed E-state index contributed by atoms with van der Waals surface area (Å²) in [5.41, 5.74) is 1.10. The standard InChI is InChI=1S/C20H26ClN3O3/c21-16-3-1-15(2-4-16)13-24-14-20(11-18(24)25)5-8-23(9-6-20)19(26)17-12-22-7-10-27-17/h1-4,17,22H,5-14H2/t17-/m0/s1. The van der Waals surface area contributed by atoms with Gasteiger partial charge in [-0.15, -0.1) is 0 Å². The maximum atomic E-state index is 12.6. The summed E-state index contributed by atoms with van der Waals surface area (Å²) in [5.74, 6) is 0.295. The predicted octanol–water partition coefficient (Wildman–Crippen LogP) is 1.67. The highest BCUT2D eigenvalue weighted by Gasteiger charge is 2.45. The molecule has 3 aliphatic rings. The smallest absolute Gasteiger partial charge is 0.253 e. The summed E-state index contributed by atoms with van der Waals surface area (Å²) in [4.78, 5) is 29.1. The van der Waals surface area contributed by atoms with Crippen LogP contribution in [0.25, 0.3) is 0 Å². The Balaban J connectivity index is 1.33. The van der Waals surface area contributed by atoms with Gasteiger partial charge in [-0.05, 0) is 30.5 Å². The van der Waals surface area contributed by atoms with E-state index < -0.39 is 0 Å². The van der Waals surface area contributed by atoms with Crippen molar-refractivity contribution in [2.24, 2.45) is 5.41 Å². The van der Waals surface area contributed by atoms with E-state index in [9.17, 15) is 9.59 Å². The fourth-order valence-electron chi connectivity index (χ4n) is 4.40.